The number of carboxylic acids is 1. The molecule has 0 bridgehead atoms. The Kier molecular flexibility index (Phi) is 11.0. The fourth-order valence-electron chi connectivity index (χ4n) is 2.43. The fraction of sp³-hybridized carbons (Fsp3) is 0.500. The predicted molar refractivity (Wildman–Crippen MR) is 99.9 cm³/mol. The van der Waals surface area contributed by atoms with E-state index in [1.807, 2.05) is 0 Å². The number of unbranched alkanes of at least 4 members (excludes halogenated alkanes) is 9. The normalized spacial score (nSPS) is 9.54. The van der Waals surface area contributed by atoms with E-state index in [9.17, 15) is 4.79 Å². The minimum absolute atomic E-state index is 0.275. The summed E-state index contributed by atoms with van der Waals surface area (Å²) >= 11 is 0. The van der Waals surface area contributed by atoms with Crippen molar-refractivity contribution in [2.75, 3.05) is 0 Å². The number of hydrogen-bond acceptors (Lipinski definition) is 1. The maximum Gasteiger partial charge on any atom is 0.335 e. The van der Waals surface area contributed by atoms with Gasteiger partial charge in [0.15, 0.2) is 0 Å². The summed E-state index contributed by atoms with van der Waals surface area (Å²) in [6.45, 7) is 2.25. The lowest BCUT2D eigenvalue weighted by Gasteiger charge is -1.99. The highest BCUT2D eigenvalue weighted by Gasteiger charge is 1.99. The van der Waals surface area contributed by atoms with Crippen LogP contribution >= 0.6 is 0 Å². The van der Waals surface area contributed by atoms with Crippen molar-refractivity contribution in [2.24, 2.45) is 0 Å². The molecule has 24 heavy (non-hydrogen) atoms. The Morgan fingerprint density at radius 2 is 1.46 bits per heavy atom. The number of benzene rings is 1. The highest BCUT2D eigenvalue weighted by molar-refractivity contribution is 5.87. The number of hydrogen-bond donors (Lipinski definition) is 1. The van der Waals surface area contributed by atoms with Gasteiger partial charge in [-0.1, -0.05) is 70.1 Å². The third-order valence-corrected chi connectivity index (χ3v) is 3.89. The summed E-state index contributed by atoms with van der Waals surface area (Å²) in [5, 5.41) is 8.82. The van der Waals surface area contributed by atoms with Crippen LogP contribution in [0.15, 0.2) is 24.3 Å². The molecule has 0 unspecified atom stereocenters. The van der Waals surface area contributed by atoms with Gasteiger partial charge in [0.1, 0.15) is 0 Å². The number of aromatic carboxylic acids is 1. The Morgan fingerprint density at radius 1 is 0.875 bits per heavy atom. The number of rotatable bonds is 10. The molecule has 0 radical (unpaired) electrons. The van der Waals surface area contributed by atoms with E-state index in [0.717, 1.165) is 18.4 Å². The molecule has 2 nitrogen and oxygen atoms in total. The van der Waals surface area contributed by atoms with Gasteiger partial charge >= 0.3 is 5.97 Å². The van der Waals surface area contributed by atoms with E-state index < -0.39 is 5.97 Å². The van der Waals surface area contributed by atoms with Crippen molar-refractivity contribution in [3.05, 3.63) is 35.4 Å². The summed E-state index contributed by atoms with van der Waals surface area (Å²) in [5.74, 6) is 10.8. The molecule has 0 aliphatic rings. The molecule has 0 saturated heterocycles. The molecule has 0 aliphatic heterocycles. The molecular weight excluding hydrogens is 296 g/mol. The van der Waals surface area contributed by atoms with Crippen molar-refractivity contribution in [2.45, 2.75) is 71.1 Å². The summed E-state index contributed by atoms with van der Waals surface area (Å²) in [6, 6.07) is 6.53. The third kappa shape index (κ3) is 9.75. The SMILES string of the molecule is CCCCCCCCCCCC#CC#Cc1ccc(C(=O)O)cc1. The van der Waals surface area contributed by atoms with Gasteiger partial charge < -0.3 is 5.11 Å². The molecule has 1 aromatic rings. The molecule has 1 N–H and O–H groups in total. The van der Waals surface area contributed by atoms with Crippen LogP contribution < -0.4 is 0 Å². The van der Waals surface area contributed by atoms with Crippen LogP contribution in [0.25, 0.3) is 0 Å². The lowest BCUT2D eigenvalue weighted by Crippen LogP contribution is -1.94. The van der Waals surface area contributed by atoms with Gasteiger partial charge in [0.05, 0.1) is 5.56 Å². The zero-order chi connectivity index (χ0) is 17.5. The van der Waals surface area contributed by atoms with Crippen LogP contribution in [0.1, 0.15) is 87.1 Å². The molecule has 0 saturated carbocycles. The number of carbonyl (C=O) groups is 1. The zero-order valence-electron chi connectivity index (χ0n) is 14.7. The van der Waals surface area contributed by atoms with Gasteiger partial charge in [0, 0.05) is 12.0 Å². The average molecular weight is 324 g/mol. The third-order valence-electron chi connectivity index (χ3n) is 3.89. The smallest absolute Gasteiger partial charge is 0.335 e. The molecule has 0 amide bonds. The van der Waals surface area contributed by atoms with Crippen molar-refractivity contribution in [3.8, 4) is 23.7 Å². The highest BCUT2D eigenvalue weighted by atomic mass is 16.4. The highest BCUT2D eigenvalue weighted by Crippen LogP contribution is 2.10. The van der Waals surface area contributed by atoms with Gasteiger partial charge in [-0.15, -0.1) is 0 Å². The Bertz CT molecular complexity index is 591. The molecule has 128 valence electrons. The maximum atomic E-state index is 10.7. The fourth-order valence-corrected chi connectivity index (χ4v) is 2.43. The van der Waals surface area contributed by atoms with Crippen molar-refractivity contribution < 1.29 is 9.90 Å². The Labute approximate surface area is 146 Å². The van der Waals surface area contributed by atoms with E-state index in [0.29, 0.717) is 0 Å². The van der Waals surface area contributed by atoms with Crippen LogP contribution in [0.4, 0.5) is 0 Å². The first-order valence-corrected chi connectivity index (χ1v) is 9.06. The Hall–Kier alpha value is -2.19. The molecule has 0 atom stereocenters. The second kappa shape index (κ2) is 13.3. The number of carboxylic acid groups (broad SMARTS) is 1. The second-order valence-electron chi connectivity index (χ2n) is 6.01. The van der Waals surface area contributed by atoms with Crippen molar-refractivity contribution >= 4 is 5.97 Å². The summed E-state index contributed by atoms with van der Waals surface area (Å²) in [4.78, 5) is 10.7. The van der Waals surface area contributed by atoms with Crippen molar-refractivity contribution in [1.82, 2.24) is 0 Å². The molecule has 0 aromatic heterocycles. The largest absolute Gasteiger partial charge is 0.478 e. The molecular formula is C22H28O2. The van der Waals surface area contributed by atoms with Crippen LogP contribution in [-0.4, -0.2) is 11.1 Å². The minimum atomic E-state index is -0.921. The van der Waals surface area contributed by atoms with Crippen LogP contribution in [0.3, 0.4) is 0 Å². The zero-order valence-corrected chi connectivity index (χ0v) is 14.7. The summed E-state index contributed by atoms with van der Waals surface area (Å²) < 4.78 is 0. The van der Waals surface area contributed by atoms with Gasteiger partial charge in [0.25, 0.3) is 0 Å². The van der Waals surface area contributed by atoms with Crippen LogP contribution in [-0.2, 0) is 0 Å². The Morgan fingerprint density at radius 3 is 2.04 bits per heavy atom. The lowest BCUT2D eigenvalue weighted by molar-refractivity contribution is 0.0697. The molecule has 0 fully saturated rings. The summed E-state index contributed by atoms with van der Waals surface area (Å²) in [6.07, 6.45) is 12.8. The molecule has 2 heteroatoms. The van der Waals surface area contributed by atoms with Gasteiger partial charge in [-0.05, 0) is 42.5 Å². The van der Waals surface area contributed by atoms with E-state index >= 15 is 0 Å². The van der Waals surface area contributed by atoms with Gasteiger partial charge in [-0.3, -0.25) is 0 Å². The molecule has 1 rings (SSSR count). The van der Waals surface area contributed by atoms with Crippen LogP contribution in [0, 0.1) is 23.7 Å². The van der Waals surface area contributed by atoms with Gasteiger partial charge in [-0.25, -0.2) is 4.79 Å². The first kappa shape index (κ1) is 19.9. The lowest BCUT2D eigenvalue weighted by atomic mass is 10.1. The van der Waals surface area contributed by atoms with E-state index in [-0.39, 0.29) is 5.56 Å². The standard InChI is InChI=1S/C22H28O2/c1-2-3-4-5-6-7-8-9-10-11-12-13-14-15-20-16-18-21(19-17-20)22(23)24/h16-19H,2-11H2,1H3,(H,23,24). The van der Waals surface area contributed by atoms with E-state index in [2.05, 4.69) is 30.6 Å². The minimum Gasteiger partial charge on any atom is -0.478 e. The molecule has 0 heterocycles. The van der Waals surface area contributed by atoms with Crippen molar-refractivity contribution in [3.63, 3.8) is 0 Å². The van der Waals surface area contributed by atoms with Crippen molar-refractivity contribution in [1.29, 1.82) is 0 Å². The van der Waals surface area contributed by atoms with Gasteiger partial charge in [-0.2, -0.15) is 0 Å². The van der Waals surface area contributed by atoms with Gasteiger partial charge in [0.2, 0.25) is 0 Å². The average Bonchev–Trinajstić information content (AvgIpc) is 2.59. The molecule has 0 aliphatic carbocycles. The summed E-state index contributed by atoms with van der Waals surface area (Å²) in [7, 11) is 0. The van der Waals surface area contributed by atoms with Crippen LogP contribution in [0.2, 0.25) is 0 Å². The molecule has 1 aromatic carbocycles. The molecule has 0 spiro atoms. The van der Waals surface area contributed by atoms with E-state index in [4.69, 9.17) is 5.11 Å². The van der Waals surface area contributed by atoms with E-state index in [1.165, 1.54) is 51.4 Å². The van der Waals surface area contributed by atoms with Crippen LogP contribution in [0.5, 0.6) is 0 Å². The second-order valence-corrected chi connectivity index (χ2v) is 6.01. The topological polar surface area (TPSA) is 37.3 Å². The summed E-state index contributed by atoms with van der Waals surface area (Å²) in [5.41, 5.74) is 1.06. The first-order chi connectivity index (χ1) is 11.7. The van der Waals surface area contributed by atoms with E-state index in [1.54, 1.807) is 24.3 Å². The predicted octanol–water partition coefficient (Wildman–Crippen LogP) is 5.66. The Balaban J connectivity index is 2.10. The maximum absolute atomic E-state index is 10.7. The monoisotopic (exact) mass is 324 g/mol. The first-order valence-electron chi connectivity index (χ1n) is 9.06. The quantitative estimate of drug-likeness (QED) is 0.445.